The molecule has 1 aliphatic rings. The quantitative estimate of drug-likeness (QED) is 0.723. The lowest BCUT2D eigenvalue weighted by atomic mass is 10.3. The van der Waals surface area contributed by atoms with Crippen LogP contribution in [0.1, 0.15) is 0 Å². The number of hydrogen-bond acceptors (Lipinski definition) is 6. The molecule has 1 aliphatic heterocycles. The first-order valence-electron chi connectivity index (χ1n) is 9.05. The number of amides is 2. The van der Waals surface area contributed by atoms with E-state index in [1.807, 2.05) is 18.2 Å². The molecule has 0 bridgehead atoms. The molecule has 1 fully saturated rings. The molecule has 1 saturated heterocycles. The predicted molar refractivity (Wildman–Crippen MR) is 111 cm³/mol. The zero-order valence-corrected chi connectivity index (χ0v) is 17.3. The molecule has 9 heteroatoms. The SMILES string of the molecule is CN(CC(=O)Nc1ccccc1Br)C(=O)CN1CCN(c2ncccn2)CC1. The Morgan fingerprint density at radius 2 is 1.79 bits per heavy atom. The molecular weight excluding hydrogens is 424 g/mol. The van der Waals surface area contributed by atoms with E-state index in [-0.39, 0.29) is 18.4 Å². The van der Waals surface area contributed by atoms with Gasteiger partial charge in [0.05, 0.1) is 18.8 Å². The molecule has 0 unspecified atom stereocenters. The van der Waals surface area contributed by atoms with Crippen LogP contribution >= 0.6 is 15.9 Å². The lowest BCUT2D eigenvalue weighted by Crippen LogP contribution is -2.50. The first-order valence-corrected chi connectivity index (χ1v) is 9.85. The van der Waals surface area contributed by atoms with Crippen LogP contribution in [0.4, 0.5) is 11.6 Å². The third-order valence-electron chi connectivity index (χ3n) is 4.52. The minimum atomic E-state index is -0.228. The van der Waals surface area contributed by atoms with Gasteiger partial charge in [-0.2, -0.15) is 0 Å². The van der Waals surface area contributed by atoms with Crippen LogP contribution in [0.3, 0.4) is 0 Å². The Morgan fingerprint density at radius 1 is 1.11 bits per heavy atom. The second kappa shape index (κ2) is 9.61. The van der Waals surface area contributed by atoms with Crippen LogP contribution in [-0.4, -0.2) is 77.9 Å². The maximum Gasteiger partial charge on any atom is 0.244 e. The smallest absolute Gasteiger partial charge is 0.244 e. The van der Waals surface area contributed by atoms with Crippen molar-refractivity contribution in [2.75, 3.05) is 56.5 Å². The number of piperazine rings is 1. The third kappa shape index (κ3) is 5.49. The number of benzene rings is 1. The fourth-order valence-corrected chi connectivity index (χ4v) is 3.31. The molecule has 3 rings (SSSR count). The van der Waals surface area contributed by atoms with Crippen molar-refractivity contribution in [3.8, 4) is 0 Å². The number of carbonyl (C=O) groups excluding carboxylic acids is 2. The van der Waals surface area contributed by atoms with Gasteiger partial charge in [-0.05, 0) is 34.1 Å². The summed E-state index contributed by atoms with van der Waals surface area (Å²) in [5, 5.41) is 2.81. The minimum absolute atomic E-state index is 0.0119. The summed E-state index contributed by atoms with van der Waals surface area (Å²) in [5.41, 5.74) is 0.688. The molecule has 0 saturated carbocycles. The maximum atomic E-state index is 12.5. The van der Waals surface area contributed by atoms with Crippen molar-refractivity contribution in [2.24, 2.45) is 0 Å². The van der Waals surface area contributed by atoms with Gasteiger partial charge in [-0.1, -0.05) is 12.1 Å². The van der Waals surface area contributed by atoms with E-state index < -0.39 is 0 Å². The molecule has 0 atom stereocenters. The Bertz CT molecular complexity index is 811. The standard InChI is InChI=1S/C19H23BrN6O2/c1-24(13-17(27)23-16-6-3-2-5-15(16)20)18(28)14-25-9-11-26(12-10-25)19-21-7-4-8-22-19/h2-8H,9-14H2,1H3,(H,23,27). The van der Waals surface area contributed by atoms with Crippen molar-refractivity contribution >= 4 is 39.4 Å². The number of carbonyl (C=O) groups is 2. The predicted octanol–water partition coefficient (Wildman–Crippen LogP) is 1.46. The summed E-state index contributed by atoms with van der Waals surface area (Å²) in [6.07, 6.45) is 3.46. The molecule has 0 aliphatic carbocycles. The summed E-state index contributed by atoms with van der Waals surface area (Å²) in [6.45, 7) is 3.34. The van der Waals surface area contributed by atoms with Gasteiger partial charge in [0.15, 0.2) is 0 Å². The Kier molecular flexibility index (Phi) is 6.94. The number of aromatic nitrogens is 2. The molecule has 1 aromatic heterocycles. The molecule has 1 N–H and O–H groups in total. The molecular formula is C19H23BrN6O2. The van der Waals surface area contributed by atoms with Crippen LogP contribution in [0.25, 0.3) is 0 Å². The summed E-state index contributed by atoms with van der Waals surface area (Å²) in [6, 6.07) is 9.17. The van der Waals surface area contributed by atoms with E-state index in [9.17, 15) is 9.59 Å². The fourth-order valence-electron chi connectivity index (χ4n) is 2.93. The Morgan fingerprint density at radius 3 is 2.46 bits per heavy atom. The average Bonchev–Trinajstić information content (AvgIpc) is 2.71. The molecule has 0 spiro atoms. The molecule has 148 valence electrons. The highest BCUT2D eigenvalue weighted by molar-refractivity contribution is 9.10. The van der Waals surface area contributed by atoms with E-state index in [4.69, 9.17) is 0 Å². The second-order valence-corrected chi connectivity index (χ2v) is 7.44. The van der Waals surface area contributed by atoms with Crippen molar-refractivity contribution in [1.29, 1.82) is 0 Å². The first kappa shape index (κ1) is 20.2. The van der Waals surface area contributed by atoms with Gasteiger partial charge in [-0.3, -0.25) is 14.5 Å². The van der Waals surface area contributed by atoms with Crippen LogP contribution in [-0.2, 0) is 9.59 Å². The highest BCUT2D eigenvalue weighted by Crippen LogP contribution is 2.21. The van der Waals surface area contributed by atoms with Crippen LogP contribution in [0.2, 0.25) is 0 Å². The Hall–Kier alpha value is -2.52. The monoisotopic (exact) mass is 446 g/mol. The average molecular weight is 447 g/mol. The largest absolute Gasteiger partial charge is 0.338 e. The Balaban J connectivity index is 1.43. The topological polar surface area (TPSA) is 81.7 Å². The molecule has 1 aromatic carbocycles. The van der Waals surface area contributed by atoms with Gasteiger partial charge >= 0.3 is 0 Å². The van der Waals surface area contributed by atoms with Crippen molar-refractivity contribution in [2.45, 2.75) is 0 Å². The zero-order valence-electron chi connectivity index (χ0n) is 15.7. The van der Waals surface area contributed by atoms with Gasteiger partial charge in [0.2, 0.25) is 17.8 Å². The number of anilines is 2. The van der Waals surface area contributed by atoms with Gasteiger partial charge in [-0.15, -0.1) is 0 Å². The van der Waals surface area contributed by atoms with Crippen LogP contribution in [0.5, 0.6) is 0 Å². The van der Waals surface area contributed by atoms with Gasteiger partial charge < -0.3 is 15.1 Å². The first-order chi connectivity index (χ1) is 13.5. The maximum absolute atomic E-state index is 12.5. The number of nitrogens with zero attached hydrogens (tertiary/aromatic N) is 5. The van der Waals surface area contributed by atoms with E-state index in [2.05, 4.69) is 41.0 Å². The molecule has 2 amide bonds. The molecule has 2 heterocycles. The highest BCUT2D eigenvalue weighted by atomic mass is 79.9. The summed E-state index contributed by atoms with van der Waals surface area (Å²) in [7, 11) is 1.65. The van der Waals surface area contributed by atoms with E-state index >= 15 is 0 Å². The lowest BCUT2D eigenvalue weighted by molar-refractivity contribution is -0.134. The van der Waals surface area contributed by atoms with E-state index in [0.717, 1.165) is 30.7 Å². The number of likely N-dealkylation sites (N-methyl/N-ethyl adjacent to an activating group) is 1. The van der Waals surface area contributed by atoms with Crippen molar-refractivity contribution < 1.29 is 9.59 Å². The number of hydrogen-bond donors (Lipinski definition) is 1. The molecule has 2 aromatic rings. The fraction of sp³-hybridized carbons (Fsp3) is 0.368. The number of rotatable bonds is 6. The summed E-state index contributed by atoms with van der Waals surface area (Å²) in [5.74, 6) is 0.412. The van der Waals surface area contributed by atoms with Crippen molar-refractivity contribution in [1.82, 2.24) is 19.8 Å². The molecule has 28 heavy (non-hydrogen) atoms. The zero-order chi connectivity index (χ0) is 19.9. The van der Waals surface area contributed by atoms with Crippen LogP contribution in [0, 0.1) is 0 Å². The highest BCUT2D eigenvalue weighted by Gasteiger charge is 2.22. The molecule has 0 radical (unpaired) electrons. The van der Waals surface area contributed by atoms with Gasteiger partial charge in [0, 0.05) is 50.1 Å². The van der Waals surface area contributed by atoms with Gasteiger partial charge in [0.25, 0.3) is 0 Å². The van der Waals surface area contributed by atoms with E-state index in [1.165, 1.54) is 4.90 Å². The van der Waals surface area contributed by atoms with Crippen LogP contribution in [0.15, 0.2) is 47.2 Å². The van der Waals surface area contributed by atoms with E-state index in [1.54, 1.807) is 31.6 Å². The second-order valence-electron chi connectivity index (χ2n) is 6.59. The number of para-hydroxylation sites is 1. The number of nitrogens with one attached hydrogen (secondary N) is 1. The summed E-state index contributed by atoms with van der Waals surface area (Å²) >= 11 is 3.39. The normalized spacial score (nSPS) is 14.6. The van der Waals surface area contributed by atoms with Crippen LogP contribution < -0.4 is 10.2 Å². The van der Waals surface area contributed by atoms with E-state index in [0.29, 0.717) is 18.2 Å². The number of halogens is 1. The minimum Gasteiger partial charge on any atom is -0.338 e. The van der Waals surface area contributed by atoms with Crippen molar-refractivity contribution in [3.05, 3.63) is 47.2 Å². The third-order valence-corrected chi connectivity index (χ3v) is 5.21. The summed E-state index contributed by atoms with van der Waals surface area (Å²) < 4.78 is 0.803. The lowest BCUT2D eigenvalue weighted by Gasteiger charge is -2.34. The molecule has 8 nitrogen and oxygen atoms in total. The summed E-state index contributed by atoms with van der Waals surface area (Å²) in [4.78, 5) is 38.9. The Labute approximate surface area is 172 Å². The van der Waals surface area contributed by atoms with Gasteiger partial charge in [-0.25, -0.2) is 9.97 Å². The van der Waals surface area contributed by atoms with Gasteiger partial charge in [0.1, 0.15) is 0 Å². The van der Waals surface area contributed by atoms with Crippen molar-refractivity contribution in [3.63, 3.8) is 0 Å².